The smallest absolute Gasteiger partial charge is 0.229 e. The second-order valence-corrected chi connectivity index (χ2v) is 7.45. The molecule has 8 heteroatoms. The molecule has 1 aliphatic rings. The Morgan fingerprint density at radius 2 is 2.10 bits per heavy atom. The van der Waals surface area contributed by atoms with E-state index in [0.717, 1.165) is 36.1 Å². The van der Waals surface area contributed by atoms with Crippen LogP contribution in [-0.2, 0) is 4.79 Å². The molecule has 1 unspecified atom stereocenters. The van der Waals surface area contributed by atoms with Crippen molar-refractivity contribution in [2.24, 2.45) is 0 Å². The first-order valence-corrected chi connectivity index (χ1v) is 9.88. The van der Waals surface area contributed by atoms with Crippen LogP contribution < -0.4 is 21.3 Å². The van der Waals surface area contributed by atoms with Gasteiger partial charge in [0.1, 0.15) is 5.82 Å². The van der Waals surface area contributed by atoms with E-state index in [1.54, 1.807) is 25.1 Å². The molecular weight excluding hydrogens is 378 g/mol. The zero-order valence-electron chi connectivity index (χ0n) is 16.7. The number of carbonyl (C=O) groups is 1. The lowest BCUT2D eigenvalue weighted by atomic mass is 10.0. The molecule has 4 N–H and O–H groups in total. The third kappa shape index (κ3) is 4.25. The van der Waals surface area contributed by atoms with Gasteiger partial charge < -0.3 is 21.3 Å². The molecular formula is C22H23N7O. The van der Waals surface area contributed by atoms with E-state index in [4.69, 9.17) is 10.7 Å². The van der Waals surface area contributed by atoms with Crippen LogP contribution in [0.2, 0.25) is 0 Å². The molecule has 2 aromatic carbocycles. The van der Waals surface area contributed by atoms with Crippen molar-refractivity contribution in [2.45, 2.75) is 25.8 Å². The number of anilines is 4. The SMILES string of the molecule is CC(=O)NC1CCCN(c2nc(Nc3cc(N)cc(C#N)c3)nc3ccccc23)C1. The molecule has 1 saturated heterocycles. The molecule has 1 aliphatic heterocycles. The first kappa shape index (κ1) is 19.5. The first-order valence-electron chi connectivity index (χ1n) is 9.88. The molecule has 8 nitrogen and oxygen atoms in total. The van der Waals surface area contributed by atoms with Crippen LogP contribution in [0.3, 0.4) is 0 Å². The Labute approximate surface area is 174 Å². The molecule has 1 atom stereocenters. The van der Waals surface area contributed by atoms with Gasteiger partial charge in [0.25, 0.3) is 0 Å². The van der Waals surface area contributed by atoms with Crippen molar-refractivity contribution in [3.63, 3.8) is 0 Å². The van der Waals surface area contributed by atoms with Crippen molar-refractivity contribution < 1.29 is 4.79 Å². The maximum atomic E-state index is 11.5. The number of amides is 1. The van der Waals surface area contributed by atoms with Crippen LogP contribution in [0.5, 0.6) is 0 Å². The first-order chi connectivity index (χ1) is 14.5. The number of nitrogens with two attached hydrogens (primary N) is 1. The number of nitrogen functional groups attached to an aromatic ring is 1. The van der Waals surface area contributed by atoms with E-state index in [-0.39, 0.29) is 11.9 Å². The number of nitrogens with zero attached hydrogens (tertiary/aromatic N) is 4. The van der Waals surface area contributed by atoms with E-state index in [2.05, 4.69) is 26.6 Å². The van der Waals surface area contributed by atoms with Crippen LogP contribution in [0.25, 0.3) is 10.9 Å². The highest BCUT2D eigenvalue weighted by Gasteiger charge is 2.23. The number of hydrogen-bond acceptors (Lipinski definition) is 7. The fraction of sp³-hybridized carbons (Fsp3) is 0.273. The minimum absolute atomic E-state index is 0.0216. The van der Waals surface area contributed by atoms with E-state index in [1.165, 1.54) is 0 Å². The molecule has 3 aromatic rings. The minimum atomic E-state index is -0.0216. The normalized spacial score (nSPS) is 16.1. The van der Waals surface area contributed by atoms with Gasteiger partial charge in [-0.15, -0.1) is 0 Å². The lowest BCUT2D eigenvalue weighted by Gasteiger charge is -2.34. The summed E-state index contributed by atoms with van der Waals surface area (Å²) in [7, 11) is 0. The summed E-state index contributed by atoms with van der Waals surface area (Å²) < 4.78 is 0. The van der Waals surface area contributed by atoms with Crippen molar-refractivity contribution in [1.29, 1.82) is 5.26 Å². The molecule has 152 valence electrons. The number of nitriles is 1. The Bertz CT molecular complexity index is 1140. The Hall–Kier alpha value is -3.86. The van der Waals surface area contributed by atoms with Gasteiger partial charge >= 0.3 is 0 Å². The predicted octanol–water partition coefficient (Wildman–Crippen LogP) is 2.93. The lowest BCUT2D eigenvalue weighted by molar-refractivity contribution is -0.119. The largest absolute Gasteiger partial charge is 0.399 e. The fourth-order valence-electron chi connectivity index (χ4n) is 3.85. The molecule has 1 aromatic heterocycles. The van der Waals surface area contributed by atoms with Crippen LogP contribution in [0.1, 0.15) is 25.3 Å². The Balaban J connectivity index is 1.70. The second-order valence-electron chi connectivity index (χ2n) is 7.45. The van der Waals surface area contributed by atoms with E-state index in [9.17, 15) is 10.1 Å². The summed E-state index contributed by atoms with van der Waals surface area (Å²) >= 11 is 0. The Kier molecular flexibility index (Phi) is 5.35. The van der Waals surface area contributed by atoms with Gasteiger partial charge in [-0.1, -0.05) is 12.1 Å². The molecule has 0 radical (unpaired) electrons. The van der Waals surface area contributed by atoms with Crippen molar-refractivity contribution in [2.75, 3.05) is 29.0 Å². The average molecular weight is 401 g/mol. The third-order valence-electron chi connectivity index (χ3n) is 5.05. The van der Waals surface area contributed by atoms with Crippen LogP contribution >= 0.6 is 0 Å². The van der Waals surface area contributed by atoms with Crippen molar-refractivity contribution in [3.8, 4) is 6.07 Å². The summed E-state index contributed by atoms with van der Waals surface area (Å²) in [6.07, 6.45) is 1.91. The number of para-hydroxylation sites is 1. The third-order valence-corrected chi connectivity index (χ3v) is 5.05. The minimum Gasteiger partial charge on any atom is -0.399 e. The summed E-state index contributed by atoms with van der Waals surface area (Å²) in [5.74, 6) is 1.23. The number of aromatic nitrogens is 2. The van der Waals surface area contributed by atoms with Gasteiger partial charge in [0.05, 0.1) is 17.1 Å². The van der Waals surface area contributed by atoms with Gasteiger partial charge in [-0.25, -0.2) is 4.98 Å². The van der Waals surface area contributed by atoms with Crippen molar-refractivity contribution in [1.82, 2.24) is 15.3 Å². The molecule has 1 fully saturated rings. The predicted molar refractivity (Wildman–Crippen MR) is 117 cm³/mol. The fourth-order valence-corrected chi connectivity index (χ4v) is 3.85. The van der Waals surface area contributed by atoms with Gasteiger partial charge in [0.2, 0.25) is 11.9 Å². The van der Waals surface area contributed by atoms with Gasteiger partial charge in [-0.2, -0.15) is 10.2 Å². The van der Waals surface area contributed by atoms with Crippen molar-refractivity contribution >= 4 is 40.0 Å². The molecule has 0 spiro atoms. The highest BCUT2D eigenvalue weighted by Crippen LogP contribution is 2.29. The second kappa shape index (κ2) is 8.25. The number of carbonyl (C=O) groups excluding carboxylic acids is 1. The maximum Gasteiger partial charge on any atom is 0.229 e. The van der Waals surface area contributed by atoms with Crippen molar-refractivity contribution in [3.05, 3.63) is 48.0 Å². The summed E-state index contributed by atoms with van der Waals surface area (Å²) in [4.78, 5) is 23.1. The molecule has 1 amide bonds. The topological polar surface area (TPSA) is 120 Å². The number of piperidine rings is 1. The highest BCUT2D eigenvalue weighted by atomic mass is 16.1. The van der Waals surface area contributed by atoms with Gasteiger partial charge in [0, 0.05) is 42.8 Å². The lowest BCUT2D eigenvalue weighted by Crippen LogP contribution is -2.47. The van der Waals surface area contributed by atoms with Crippen LogP contribution in [0.15, 0.2) is 42.5 Å². The quantitative estimate of drug-likeness (QED) is 0.575. The summed E-state index contributed by atoms with van der Waals surface area (Å²) in [6.45, 7) is 3.09. The highest BCUT2D eigenvalue weighted by molar-refractivity contribution is 5.91. The number of nitrogens with one attached hydrogen (secondary N) is 2. The maximum absolute atomic E-state index is 11.5. The Morgan fingerprint density at radius 3 is 2.90 bits per heavy atom. The van der Waals surface area contributed by atoms with Gasteiger partial charge in [-0.3, -0.25) is 4.79 Å². The van der Waals surface area contributed by atoms with E-state index >= 15 is 0 Å². The summed E-state index contributed by atoms with van der Waals surface area (Å²) in [6, 6.07) is 15.1. The van der Waals surface area contributed by atoms with Gasteiger partial charge in [0.15, 0.2) is 0 Å². The molecule has 30 heavy (non-hydrogen) atoms. The molecule has 2 heterocycles. The number of rotatable bonds is 4. The number of fused-ring (bicyclic) bond motifs is 1. The van der Waals surface area contributed by atoms with E-state index in [1.807, 2.05) is 24.3 Å². The van der Waals surface area contributed by atoms with Gasteiger partial charge in [-0.05, 0) is 43.2 Å². The standard InChI is InChI=1S/C22H23N7O/c1-14(30)25-17-5-4-8-29(13-17)21-19-6-2-3-7-20(19)27-22(28-21)26-18-10-15(12-23)9-16(24)11-18/h2-3,6-7,9-11,17H,4-5,8,13,24H2,1H3,(H,25,30)(H,26,27,28). The summed E-state index contributed by atoms with van der Waals surface area (Å²) in [5, 5.41) is 16.4. The van der Waals surface area contributed by atoms with Crippen LogP contribution in [-0.4, -0.2) is 35.0 Å². The number of hydrogen-bond donors (Lipinski definition) is 3. The monoisotopic (exact) mass is 401 g/mol. The summed E-state index contributed by atoms with van der Waals surface area (Å²) in [5.41, 5.74) is 8.34. The molecule has 0 saturated carbocycles. The number of benzene rings is 2. The molecule has 4 rings (SSSR count). The van der Waals surface area contributed by atoms with E-state index in [0.29, 0.717) is 29.4 Å². The zero-order valence-corrected chi connectivity index (χ0v) is 16.7. The van der Waals surface area contributed by atoms with E-state index < -0.39 is 0 Å². The molecule has 0 bridgehead atoms. The Morgan fingerprint density at radius 1 is 1.27 bits per heavy atom. The zero-order chi connectivity index (χ0) is 21.1. The van der Waals surface area contributed by atoms with Crippen LogP contribution in [0, 0.1) is 11.3 Å². The molecule has 0 aliphatic carbocycles. The van der Waals surface area contributed by atoms with Crippen LogP contribution in [0.4, 0.5) is 23.1 Å². The average Bonchev–Trinajstić information content (AvgIpc) is 2.72.